The van der Waals surface area contributed by atoms with E-state index in [0.29, 0.717) is 5.82 Å². The molecule has 0 aliphatic heterocycles. The molecule has 0 atom stereocenters. The number of aromatic amines is 1. The van der Waals surface area contributed by atoms with Crippen LogP contribution in [0.4, 0.5) is 0 Å². The molecule has 3 aromatic rings. The normalized spacial score (nSPS) is 10.9. The summed E-state index contributed by atoms with van der Waals surface area (Å²) in [6, 6.07) is 17.4. The molecule has 1 heterocycles. The predicted octanol–water partition coefficient (Wildman–Crippen LogP) is -0.181. The number of sulfone groups is 1. The molecule has 2 aromatic carbocycles. The molecule has 22 heavy (non-hydrogen) atoms. The maximum atomic E-state index is 12.6. The van der Waals surface area contributed by atoms with Gasteiger partial charge < -0.3 is 17.6 Å². The first-order chi connectivity index (χ1) is 10.1. The van der Waals surface area contributed by atoms with E-state index in [1.54, 1.807) is 18.2 Å². The zero-order chi connectivity index (χ0) is 14.9. The number of hydrogen-bond donors (Lipinski definition) is 1. The van der Waals surface area contributed by atoms with Crippen LogP contribution in [0, 0.1) is 0 Å². The zero-order valence-electron chi connectivity index (χ0n) is 11.9. The molecule has 0 aliphatic rings. The molecule has 0 saturated carbocycles. The Hall–Kier alpha value is -0.544. The minimum absolute atomic E-state index is 0. The van der Waals surface area contributed by atoms with E-state index in [4.69, 9.17) is 12.6 Å². The average molecular weight is 354 g/mol. The molecule has 1 aromatic heterocycles. The SMILES string of the molecule is O=S(=O)(c1ccccc1)c1nc(-c2ccccc2)[nH]c1[S-].[K+]. The van der Waals surface area contributed by atoms with Crippen LogP contribution >= 0.6 is 0 Å². The van der Waals surface area contributed by atoms with Gasteiger partial charge >= 0.3 is 51.4 Å². The fourth-order valence-electron chi connectivity index (χ4n) is 1.97. The van der Waals surface area contributed by atoms with Gasteiger partial charge in [0.15, 0.2) is 5.03 Å². The van der Waals surface area contributed by atoms with Crippen LogP contribution in [0.15, 0.2) is 75.6 Å². The van der Waals surface area contributed by atoms with Crippen molar-refractivity contribution in [1.29, 1.82) is 0 Å². The largest absolute Gasteiger partial charge is 1.00 e. The molecule has 0 aliphatic carbocycles. The van der Waals surface area contributed by atoms with Crippen molar-refractivity contribution in [3.63, 3.8) is 0 Å². The Morgan fingerprint density at radius 1 is 0.909 bits per heavy atom. The van der Waals surface area contributed by atoms with Gasteiger partial charge in [-0.15, -0.1) is 0 Å². The molecule has 7 heteroatoms. The van der Waals surface area contributed by atoms with E-state index in [-0.39, 0.29) is 66.3 Å². The van der Waals surface area contributed by atoms with Gasteiger partial charge in [0, 0.05) is 5.56 Å². The fourth-order valence-corrected chi connectivity index (χ4v) is 3.68. The Labute approximate surface area is 177 Å². The first-order valence-corrected chi connectivity index (χ1v) is 8.11. The Bertz CT molecular complexity index is 863. The third-order valence-electron chi connectivity index (χ3n) is 2.99. The smallest absolute Gasteiger partial charge is 0.760 e. The number of benzene rings is 2. The van der Waals surface area contributed by atoms with Crippen molar-refractivity contribution in [3.05, 3.63) is 60.7 Å². The van der Waals surface area contributed by atoms with E-state index in [1.807, 2.05) is 30.3 Å². The number of imidazole rings is 1. The van der Waals surface area contributed by atoms with Gasteiger partial charge in [0.25, 0.3) is 0 Å². The first-order valence-electron chi connectivity index (χ1n) is 6.21. The summed E-state index contributed by atoms with van der Waals surface area (Å²) in [5, 5.41) is 0.0141. The molecule has 3 rings (SSSR count). The molecular weight excluding hydrogens is 343 g/mol. The predicted molar refractivity (Wildman–Crippen MR) is 81.5 cm³/mol. The second-order valence-corrected chi connectivity index (χ2v) is 6.68. The molecule has 0 fully saturated rings. The Morgan fingerprint density at radius 3 is 2.05 bits per heavy atom. The molecule has 0 radical (unpaired) electrons. The molecule has 0 saturated heterocycles. The standard InChI is InChI=1S/C15H12N2O2S2.K/c18-21(19,12-9-5-2-6-10-12)15-14(20)16-13(17-15)11-7-3-1-4-8-11;/h1-10,20H,(H,16,17);/q;+1/p-1. The summed E-state index contributed by atoms with van der Waals surface area (Å²) in [5.74, 6) is 0.454. The third kappa shape index (κ3) is 3.51. The van der Waals surface area contributed by atoms with Gasteiger partial charge in [-0.05, 0) is 12.1 Å². The monoisotopic (exact) mass is 354 g/mol. The van der Waals surface area contributed by atoms with E-state index >= 15 is 0 Å². The van der Waals surface area contributed by atoms with Crippen LogP contribution in [0.2, 0.25) is 0 Å². The van der Waals surface area contributed by atoms with E-state index in [0.717, 1.165) is 5.56 Å². The molecule has 0 amide bonds. The van der Waals surface area contributed by atoms with Crippen molar-refractivity contribution in [2.75, 3.05) is 0 Å². The van der Waals surface area contributed by atoms with Crippen LogP contribution in [0.1, 0.15) is 0 Å². The molecular formula is C15H11KN2O2S2. The molecule has 106 valence electrons. The maximum Gasteiger partial charge on any atom is 1.00 e. The summed E-state index contributed by atoms with van der Waals surface area (Å²) >= 11 is 5.12. The van der Waals surface area contributed by atoms with Gasteiger partial charge in [-0.25, -0.2) is 13.4 Å². The van der Waals surface area contributed by atoms with E-state index in [9.17, 15) is 8.42 Å². The first kappa shape index (κ1) is 17.8. The maximum absolute atomic E-state index is 12.6. The molecule has 1 N–H and O–H groups in total. The second kappa shape index (κ2) is 7.35. The van der Waals surface area contributed by atoms with Crippen molar-refractivity contribution in [2.24, 2.45) is 0 Å². The molecule has 0 bridgehead atoms. The van der Waals surface area contributed by atoms with Crippen LogP contribution in [0.5, 0.6) is 0 Å². The summed E-state index contributed by atoms with van der Waals surface area (Å²) in [4.78, 5) is 7.22. The average Bonchev–Trinajstić information content (AvgIpc) is 2.92. The molecule has 0 unspecified atom stereocenters. The third-order valence-corrected chi connectivity index (χ3v) is 5.12. The minimum atomic E-state index is -3.70. The Balaban J connectivity index is 0.00000176. The number of nitrogens with one attached hydrogen (secondary N) is 1. The van der Waals surface area contributed by atoms with Crippen LogP contribution in [0.3, 0.4) is 0 Å². The fraction of sp³-hybridized carbons (Fsp3) is 0. The van der Waals surface area contributed by atoms with E-state index in [2.05, 4.69) is 9.97 Å². The van der Waals surface area contributed by atoms with Gasteiger partial charge in [0.05, 0.1) is 4.90 Å². The summed E-state index contributed by atoms with van der Waals surface area (Å²) < 4.78 is 25.1. The van der Waals surface area contributed by atoms with Crippen LogP contribution in [-0.4, -0.2) is 18.4 Å². The van der Waals surface area contributed by atoms with Gasteiger partial charge in [0.1, 0.15) is 5.82 Å². The number of nitrogens with zero attached hydrogens (tertiary/aromatic N) is 1. The number of H-pyrrole nitrogens is 1. The van der Waals surface area contributed by atoms with E-state index < -0.39 is 9.84 Å². The van der Waals surface area contributed by atoms with Gasteiger partial charge in [-0.1, -0.05) is 53.6 Å². The van der Waals surface area contributed by atoms with Crippen molar-refractivity contribution in [2.45, 2.75) is 14.9 Å². The van der Waals surface area contributed by atoms with Gasteiger partial charge in [0.2, 0.25) is 9.84 Å². The molecule has 0 spiro atoms. The quantitative estimate of drug-likeness (QED) is 0.524. The van der Waals surface area contributed by atoms with Crippen molar-refractivity contribution < 1.29 is 59.8 Å². The summed E-state index contributed by atoms with van der Waals surface area (Å²) in [6.07, 6.45) is 0. The number of rotatable bonds is 3. The van der Waals surface area contributed by atoms with Crippen LogP contribution in [0.25, 0.3) is 11.4 Å². The molecule has 4 nitrogen and oxygen atoms in total. The van der Waals surface area contributed by atoms with Gasteiger partial charge in [-0.3, -0.25) is 0 Å². The Morgan fingerprint density at radius 2 is 1.45 bits per heavy atom. The van der Waals surface area contributed by atoms with Crippen molar-refractivity contribution in [1.82, 2.24) is 9.97 Å². The van der Waals surface area contributed by atoms with Crippen LogP contribution < -0.4 is 51.4 Å². The number of aromatic nitrogens is 2. The van der Waals surface area contributed by atoms with Crippen molar-refractivity contribution >= 4 is 22.5 Å². The number of hydrogen-bond acceptors (Lipinski definition) is 4. The summed E-state index contributed by atoms with van der Waals surface area (Å²) in [7, 11) is -3.70. The van der Waals surface area contributed by atoms with Crippen LogP contribution in [-0.2, 0) is 22.5 Å². The van der Waals surface area contributed by atoms with Crippen molar-refractivity contribution in [3.8, 4) is 11.4 Å². The van der Waals surface area contributed by atoms with Gasteiger partial charge in [-0.2, -0.15) is 0 Å². The second-order valence-electron chi connectivity index (χ2n) is 4.40. The van der Waals surface area contributed by atoms with E-state index in [1.165, 1.54) is 12.1 Å². The minimum Gasteiger partial charge on any atom is -0.760 e. The topological polar surface area (TPSA) is 62.8 Å². The summed E-state index contributed by atoms with van der Waals surface area (Å²) in [6.45, 7) is 0. The zero-order valence-corrected chi connectivity index (χ0v) is 16.6. The summed E-state index contributed by atoms with van der Waals surface area (Å²) in [5.41, 5.74) is 0.790. The Kier molecular flexibility index (Phi) is 5.95.